The third kappa shape index (κ3) is 5.97. The largest absolute Gasteiger partial charge is 0.228 e. The maximum absolute atomic E-state index is 5.34. The summed E-state index contributed by atoms with van der Waals surface area (Å²) in [5.41, 5.74) is 14.3. The Kier molecular flexibility index (Phi) is 8.47. The second-order valence-electron chi connectivity index (χ2n) is 15.5. The molecule has 0 bridgehead atoms. The number of hydrogen-bond donors (Lipinski definition) is 0. The van der Waals surface area contributed by atoms with Crippen molar-refractivity contribution in [1.29, 1.82) is 0 Å². The number of allylic oxidation sites excluding steroid dienone is 5. The molecule has 274 valence electrons. The third-order valence-electron chi connectivity index (χ3n) is 12.1. The molecule has 1 unspecified atom stereocenters. The molecule has 0 saturated heterocycles. The molecule has 1 atom stereocenters. The highest BCUT2D eigenvalue weighted by Gasteiger charge is 2.22. The van der Waals surface area contributed by atoms with Crippen LogP contribution in [-0.4, -0.2) is 9.97 Å². The van der Waals surface area contributed by atoms with Crippen LogP contribution in [0.1, 0.15) is 41.1 Å². The summed E-state index contributed by atoms with van der Waals surface area (Å²) in [7, 11) is 0. The van der Waals surface area contributed by atoms with Crippen LogP contribution in [0.15, 0.2) is 194 Å². The minimum Gasteiger partial charge on any atom is -0.228 e. The Balaban J connectivity index is 1.02. The lowest BCUT2D eigenvalue weighted by Crippen LogP contribution is -2.07. The van der Waals surface area contributed by atoms with Crippen LogP contribution in [0.2, 0.25) is 0 Å². The minimum absolute atomic E-state index is 0.318. The number of aromatic nitrogens is 2. The zero-order valence-corrected chi connectivity index (χ0v) is 32.1. The number of nitrogens with zero attached hydrogens (tertiary/aromatic N) is 2. The molecule has 11 rings (SSSR count). The van der Waals surface area contributed by atoms with Crippen molar-refractivity contribution in [3.05, 3.63) is 217 Å². The van der Waals surface area contributed by atoms with Gasteiger partial charge in [0.15, 0.2) is 5.82 Å². The third-order valence-corrected chi connectivity index (χ3v) is 12.1. The molecular weight excluding hydrogens is 701 g/mol. The van der Waals surface area contributed by atoms with E-state index >= 15 is 0 Å². The zero-order chi connectivity index (χ0) is 38.4. The van der Waals surface area contributed by atoms with Crippen molar-refractivity contribution in [3.8, 4) is 44.9 Å². The lowest BCUT2D eigenvalue weighted by atomic mass is 9.80. The van der Waals surface area contributed by atoms with Gasteiger partial charge in [-0.05, 0) is 108 Å². The molecule has 2 aliphatic rings. The van der Waals surface area contributed by atoms with Gasteiger partial charge in [0.2, 0.25) is 0 Å². The van der Waals surface area contributed by atoms with Crippen molar-refractivity contribution in [2.24, 2.45) is 0 Å². The molecule has 0 radical (unpaired) electrons. The first-order valence-electron chi connectivity index (χ1n) is 20.4. The van der Waals surface area contributed by atoms with Gasteiger partial charge in [-0.2, -0.15) is 0 Å². The highest BCUT2D eigenvalue weighted by molar-refractivity contribution is 6.21. The van der Waals surface area contributed by atoms with E-state index in [-0.39, 0.29) is 0 Å². The fourth-order valence-electron chi connectivity index (χ4n) is 9.36. The number of benzene rings is 8. The van der Waals surface area contributed by atoms with Gasteiger partial charge in [0.25, 0.3) is 0 Å². The van der Waals surface area contributed by atoms with Gasteiger partial charge in [0.1, 0.15) is 0 Å². The Morgan fingerprint density at radius 2 is 1.05 bits per heavy atom. The average Bonchev–Trinajstić information content (AvgIpc) is 3.31. The Labute approximate surface area is 339 Å². The van der Waals surface area contributed by atoms with E-state index in [0.29, 0.717) is 5.92 Å². The van der Waals surface area contributed by atoms with E-state index in [1.807, 2.05) is 0 Å². The molecule has 1 aromatic heterocycles. The highest BCUT2D eigenvalue weighted by atomic mass is 14.9. The second kappa shape index (κ2) is 14.4. The van der Waals surface area contributed by atoms with Gasteiger partial charge < -0.3 is 0 Å². The van der Waals surface area contributed by atoms with E-state index in [0.717, 1.165) is 58.7 Å². The maximum Gasteiger partial charge on any atom is 0.160 e. The molecule has 58 heavy (non-hydrogen) atoms. The SMILES string of the molecule is C1=Cc2c(c(C3C=CC(c4cc(-c5ccccc5)nc(-c5cccc(-c6c7ccccc7c(-c7ccccc7)c7ccccc67)c5)n4)=CC3)cc3ccccc23)CC1. The summed E-state index contributed by atoms with van der Waals surface area (Å²) >= 11 is 0. The van der Waals surface area contributed by atoms with Crippen molar-refractivity contribution >= 4 is 44.0 Å². The average molecular weight is 741 g/mol. The number of fused-ring (bicyclic) bond motifs is 5. The van der Waals surface area contributed by atoms with Gasteiger partial charge >= 0.3 is 0 Å². The Morgan fingerprint density at radius 1 is 0.466 bits per heavy atom. The fourth-order valence-corrected chi connectivity index (χ4v) is 9.36. The summed E-state index contributed by atoms with van der Waals surface area (Å²) in [6, 6.07) is 61.2. The monoisotopic (exact) mass is 740 g/mol. The van der Waals surface area contributed by atoms with Crippen molar-refractivity contribution < 1.29 is 0 Å². The minimum atomic E-state index is 0.318. The van der Waals surface area contributed by atoms with Crippen LogP contribution in [0, 0.1) is 0 Å². The van der Waals surface area contributed by atoms with Crippen LogP contribution in [0.25, 0.3) is 88.9 Å². The van der Waals surface area contributed by atoms with Gasteiger partial charge in [0, 0.05) is 17.0 Å². The van der Waals surface area contributed by atoms with Crippen molar-refractivity contribution in [1.82, 2.24) is 9.97 Å². The number of hydrogen-bond acceptors (Lipinski definition) is 2. The first-order valence-corrected chi connectivity index (χ1v) is 20.4. The summed E-state index contributed by atoms with van der Waals surface area (Å²) in [5, 5.41) is 7.61. The van der Waals surface area contributed by atoms with Crippen molar-refractivity contribution in [2.75, 3.05) is 0 Å². The van der Waals surface area contributed by atoms with Gasteiger partial charge in [-0.25, -0.2) is 9.97 Å². The van der Waals surface area contributed by atoms with E-state index in [1.165, 1.54) is 65.7 Å². The molecule has 0 saturated carbocycles. The molecule has 2 nitrogen and oxygen atoms in total. The van der Waals surface area contributed by atoms with Gasteiger partial charge in [-0.3, -0.25) is 0 Å². The van der Waals surface area contributed by atoms with Crippen LogP contribution in [-0.2, 0) is 6.42 Å². The van der Waals surface area contributed by atoms with Crippen LogP contribution < -0.4 is 0 Å². The van der Waals surface area contributed by atoms with Crippen LogP contribution in [0.5, 0.6) is 0 Å². The van der Waals surface area contributed by atoms with E-state index in [4.69, 9.17) is 9.97 Å². The van der Waals surface area contributed by atoms with E-state index in [2.05, 4.69) is 200 Å². The molecular formula is C56H40N2. The summed E-state index contributed by atoms with van der Waals surface area (Å²) in [5.74, 6) is 1.04. The Bertz CT molecular complexity index is 3080. The molecule has 0 N–H and O–H groups in total. The van der Waals surface area contributed by atoms with E-state index < -0.39 is 0 Å². The standard InChI is InChI=1S/C56H40N2/c1-3-16-38(17-4-1)52-36-53(39-32-30-37(31-33-39)51-35-41-20-7-8-23-44(41)45-24-9-10-25-46(45)51)58-56(57-52)43-22-15-21-42(34-43)55-49-28-13-11-26-47(49)54(40-18-5-2-6-19-40)48-27-12-14-29-50(48)55/h1-9,11-24,26-30,32-37H,10,25,31H2. The molecule has 0 amide bonds. The molecule has 0 spiro atoms. The first kappa shape index (κ1) is 34.1. The highest BCUT2D eigenvalue weighted by Crippen LogP contribution is 2.44. The van der Waals surface area contributed by atoms with Gasteiger partial charge in [-0.1, -0.05) is 188 Å². The summed E-state index contributed by atoms with van der Waals surface area (Å²) in [6.45, 7) is 0. The van der Waals surface area contributed by atoms with Crippen molar-refractivity contribution in [3.63, 3.8) is 0 Å². The molecule has 0 aliphatic heterocycles. The van der Waals surface area contributed by atoms with Crippen molar-refractivity contribution in [2.45, 2.75) is 25.2 Å². The van der Waals surface area contributed by atoms with Crippen LogP contribution >= 0.6 is 0 Å². The second-order valence-corrected chi connectivity index (χ2v) is 15.5. The van der Waals surface area contributed by atoms with Gasteiger partial charge in [0.05, 0.1) is 11.4 Å². The van der Waals surface area contributed by atoms with Crippen LogP contribution in [0.4, 0.5) is 0 Å². The molecule has 1 heterocycles. The topological polar surface area (TPSA) is 25.8 Å². The normalized spacial score (nSPS) is 14.8. The Hall–Kier alpha value is -7.16. The smallest absolute Gasteiger partial charge is 0.160 e. The molecule has 2 heteroatoms. The predicted octanol–water partition coefficient (Wildman–Crippen LogP) is 14.7. The zero-order valence-electron chi connectivity index (χ0n) is 32.1. The van der Waals surface area contributed by atoms with E-state index in [9.17, 15) is 0 Å². The predicted molar refractivity (Wildman–Crippen MR) is 245 cm³/mol. The maximum atomic E-state index is 5.34. The number of rotatable bonds is 6. The Morgan fingerprint density at radius 3 is 1.74 bits per heavy atom. The van der Waals surface area contributed by atoms with E-state index in [1.54, 1.807) is 0 Å². The summed E-state index contributed by atoms with van der Waals surface area (Å²) < 4.78 is 0. The molecule has 8 aromatic carbocycles. The molecule has 0 fully saturated rings. The summed E-state index contributed by atoms with van der Waals surface area (Å²) in [6.07, 6.45) is 14.8. The molecule has 9 aromatic rings. The lowest BCUT2D eigenvalue weighted by molar-refractivity contribution is 0.826. The lowest BCUT2D eigenvalue weighted by Gasteiger charge is -2.24. The molecule has 2 aliphatic carbocycles. The quantitative estimate of drug-likeness (QED) is 0.159. The van der Waals surface area contributed by atoms with Gasteiger partial charge in [-0.15, -0.1) is 0 Å². The first-order chi connectivity index (χ1) is 28.8. The fraction of sp³-hybridized carbons (Fsp3) is 0.0714. The van der Waals surface area contributed by atoms with Crippen LogP contribution in [0.3, 0.4) is 0 Å². The summed E-state index contributed by atoms with van der Waals surface area (Å²) in [4.78, 5) is 10.6.